The molecule has 2 aromatic carbocycles. The average molecular weight is 397 g/mol. The summed E-state index contributed by atoms with van der Waals surface area (Å²) >= 11 is 2.24. The lowest BCUT2D eigenvalue weighted by atomic mass is 10.1. The van der Waals surface area contributed by atoms with Crippen LogP contribution < -0.4 is 14.8 Å². The molecule has 2 aromatic rings. The van der Waals surface area contributed by atoms with Crippen molar-refractivity contribution < 1.29 is 14.3 Å². The second kappa shape index (κ2) is 6.80. The molecule has 1 amide bonds. The summed E-state index contributed by atoms with van der Waals surface area (Å²) in [7, 11) is 3.11. The Kier molecular flexibility index (Phi) is 5.06. The van der Waals surface area contributed by atoms with E-state index in [-0.39, 0.29) is 5.91 Å². The highest BCUT2D eigenvalue weighted by molar-refractivity contribution is 14.1. The van der Waals surface area contributed by atoms with Crippen molar-refractivity contribution in [1.82, 2.24) is 0 Å². The van der Waals surface area contributed by atoms with Gasteiger partial charge in [-0.05, 0) is 59.3 Å². The van der Waals surface area contributed by atoms with Gasteiger partial charge in [-0.15, -0.1) is 0 Å². The van der Waals surface area contributed by atoms with Crippen LogP contribution in [0.3, 0.4) is 0 Å². The third-order valence-electron chi connectivity index (χ3n) is 3.04. The van der Waals surface area contributed by atoms with E-state index in [0.29, 0.717) is 17.1 Å². The summed E-state index contributed by atoms with van der Waals surface area (Å²) in [5, 5.41) is 2.87. The number of carbonyl (C=O) groups excluding carboxylic acids is 1. The average Bonchev–Trinajstić information content (AvgIpc) is 2.50. The maximum atomic E-state index is 12.3. The molecule has 0 fully saturated rings. The fourth-order valence-electron chi connectivity index (χ4n) is 1.81. The van der Waals surface area contributed by atoms with Crippen molar-refractivity contribution in [3.63, 3.8) is 0 Å². The summed E-state index contributed by atoms with van der Waals surface area (Å²) in [6.07, 6.45) is 0. The highest BCUT2D eigenvalue weighted by Crippen LogP contribution is 2.24. The molecule has 4 nitrogen and oxygen atoms in total. The highest BCUT2D eigenvalue weighted by atomic mass is 127. The first-order valence-electron chi connectivity index (χ1n) is 6.34. The first kappa shape index (κ1) is 15.6. The molecule has 0 aliphatic rings. The van der Waals surface area contributed by atoms with Gasteiger partial charge in [0.2, 0.25) is 0 Å². The monoisotopic (exact) mass is 397 g/mol. The van der Waals surface area contributed by atoms with E-state index < -0.39 is 0 Å². The summed E-state index contributed by atoms with van der Waals surface area (Å²) in [6.45, 7) is 2.03. The fourth-order valence-corrected chi connectivity index (χ4v) is 2.33. The maximum Gasteiger partial charge on any atom is 0.255 e. The van der Waals surface area contributed by atoms with Crippen LogP contribution in [0.15, 0.2) is 36.4 Å². The molecule has 0 aliphatic carbocycles. The number of hydrogen-bond acceptors (Lipinski definition) is 3. The van der Waals surface area contributed by atoms with Gasteiger partial charge in [0.25, 0.3) is 5.91 Å². The fraction of sp³-hybridized carbons (Fsp3) is 0.188. The zero-order valence-corrected chi connectivity index (χ0v) is 14.2. The van der Waals surface area contributed by atoms with Crippen molar-refractivity contribution in [3.05, 3.63) is 51.1 Å². The van der Waals surface area contributed by atoms with E-state index in [4.69, 9.17) is 9.47 Å². The Morgan fingerprint density at radius 2 is 1.67 bits per heavy atom. The predicted molar refractivity (Wildman–Crippen MR) is 91.4 cm³/mol. The van der Waals surface area contributed by atoms with Gasteiger partial charge in [0.05, 0.1) is 14.2 Å². The minimum Gasteiger partial charge on any atom is -0.497 e. The van der Waals surface area contributed by atoms with E-state index in [9.17, 15) is 4.79 Å². The summed E-state index contributed by atoms with van der Waals surface area (Å²) in [5.41, 5.74) is 2.43. The summed E-state index contributed by atoms with van der Waals surface area (Å²) < 4.78 is 11.4. The first-order chi connectivity index (χ1) is 10.0. The van der Waals surface area contributed by atoms with Crippen LogP contribution in [0.25, 0.3) is 0 Å². The van der Waals surface area contributed by atoms with Gasteiger partial charge >= 0.3 is 0 Å². The van der Waals surface area contributed by atoms with Crippen molar-refractivity contribution in [2.75, 3.05) is 19.5 Å². The van der Waals surface area contributed by atoms with Gasteiger partial charge in [0.1, 0.15) is 11.5 Å². The molecule has 110 valence electrons. The number of anilines is 1. The van der Waals surface area contributed by atoms with Crippen LogP contribution in [0.2, 0.25) is 0 Å². The summed E-state index contributed by atoms with van der Waals surface area (Å²) in [4.78, 5) is 12.3. The van der Waals surface area contributed by atoms with Crippen LogP contribution in [0, 0.1) is 10.5 Å². The highest BCUT2D eigenvalue weighted by Gasteiger charge is 2.10. The number of carbonyl (C=O) groups is 1. The van der Waals surface area contributed by atoms with Gasteiger partial charge in [0.15, 0.2) is 0 Å². The smallest absolute Gasteiger partial charge is 0.255 e. The largest absolute Gasteiger partial charge is 0.497 e. The number of benzene rings is 2. The standard InChI is InChI=1S/C16H16INO3/c1-10-4-5-12(8-15(10)17)18-16(19)11-6-13(20-2)9-14(7-11)21-3/h4-9H,1-3H3,(H,18,19). The van der Waals surface area contributed by atoms with Crippen LogP contribution in [0.1, 0.15) is 15.9 Å². The normalized spacial score (nSPS) is 10.1. The van der Waals surface area contributed by atoms with Crippen molar-refractivity contribution >= 4 is 34.2 Å². The minimum atomic E-state index is -0.202. The zero-order chi connectivity index (χ0) is 15.4. The number of aryl methyl sites for hydroxylation is 1. The molecular weight excluding hydrogens is 381 g/mol. The molecule has 0 saturated heterocycles. The Balaban J connectivity index is 2.25. The van der Waals surface area contributed by atoms with Crippen molar-refractivity contribution in [1.29, 1.82) is 0 Å². The van der Waals surface area contributed by atoms with E-state index >= 15 is 0 Å². The first-order valence-corrected chi connectivity index (χ1v) is 7.42. The maximum absolute atomic E-state index is 12.3. The van der Waals surface area contributed by atoms with Crippen LogP contribution in [-0.2, 0) is 0 Å². The molecule has 0 atom stereocenters. The Hall–Kier alpha value is -1.76. The number of amides is 1. The van der Waals surface area contributed by atoms with Crippen LogP contribution in [-0.4, -0.2) is 20.1 Å². The van der Waals surface area contributed by atoms with E-state index in [1.165, 1.54) is 5.56 Å². The zero-order valence-electron chi connectivity index (χ0n) is 12.1. The van der Waals surface area contributed by atoms with Crippen LogP contribution >= 0.6 is 22.6 Å². The second-order valence-corrected chi connectivity index (χ2v) is 5.68. The molecule has 2 rings (SSSR count). The van der Waals surface area contributed by atoms with Crippen LogP contribution in [0.5, 0.6) is 11.5 Å². The number of halogens is 1. The third kappa shape index (κ3) is 3.87. The Labute approximate surface area is 137 Å². The van der Waals surface area contributed by atoms with Gasteiger partial charge in [-0.2, -0.15) is 0 Å². The molecule has 0 radical (unpaired) electrons. The van der Waals surface area contributed by atoms with Crippen molar-refractivity contribution in [2.45, 2.75) is 6.92 Å². The van der Waals surface area contributed by atoms with Gasteiger partial charge in [-0.3, -0.25) is 4.79 Å². The third-order valence-corrected chi connectivity index (χ3v) is 4.21. The van der Waals surface area contributed by atoms with Gasteiger partial charge in [-0.1, -0.05) is 6.07 Å². The lowest BCUT2D eigenvalue weighted by Gasteiger charge is -2.10. The molecule has 0 unspecified atom stereocenters. The number of ether oxygens (including phenoxy) is 2. The Morgan fingerprint density at radius 3 is 2.19 bits per heavy atom. The molecule has 21 heavy (non-hydrogen) atoms. The topological polar surface area (TPSA) is 47.6 Å². The Bertz CT molecular complexity index is 648. The van der Waals surface area contributed by atoms with Crippen molar-refractivity contribution in [3.8, 4) is 11.5 Å². The number of methoxy groups -OCH3 is 2. The molecule has 0 aliphatic heterocycles. The van der Waals surface area contributed by atoms with Gasteiger partial charge < -0.3 is 14.8 Å². The molecule has 0 aromatic heterocycles. The van der Waals surface area contributed by atoms with E-state index in [0.717, 1.165) is 9.26 Å². The lowest BCUT2D eigenvalue weighted by molar-refractivity contribution is 0.102. The Morgan fingerprint density at radius 1 is 1.05 bits per heavy atom. The summed E-state index contributed by atoms with van der Waals surface area (Å²) in [6, 6.07) is 10.9. The van der Waals surface area contributed by atoms with E-state index in [1.54, 1.807) is 32.4 Å². The second-order valence-electron chi connectivity index (χ2n) is 4.52. The summed E-state index contributed by atoms with van der Waals surface area (Å²) in [5.74, 6) is 0.961. The van der Waals surface area contributed by atoms with Crippen LogP contribution in [0.4, 0.5) is 5.69 Å². The number of rotatable bonds is 4. The predicted octanol–water partition coefficient (Wildman–Crippen LogP) is 3.87. The molecule has 0 saturated carbocycles. The van der Waals surface area contributed by atoms with Gasteiger partial charge in [0, 0.05) is 20.9 Å². The minimum absolute atomic E-state index is 0.202. The molecule has 0 spiro atoms. The quantitative estimate of drug-likeness (QED) is 0.797. The number of nitrogens with one attached hydrogen (secondary N) is 1. The molecule has 1 N–H and O–H groups in total. The van der Waals surface area contributed by atoms with Gasteiger partial charge in [-0.25, -0.2) is 0 Å². The van der Waals surface area contributed by atoms with E-state index in [1.807, 2.05) is 25.1 Å². The number of hydrogen-bond donors (Lipinski definition) is 1. The molecular formula is C16H16INO3. The van der Waals surface area contributed by atoms with Crippen molar-refractivity contribution in [2.24, 2.45) is 0 Å². The molecule has 0 heterocycles. The molecule has 0 bridgehead atoms. The van der Waals surface area contributed by atoms with E-state index in [2.05, 4.69) is 27.9 Å². The molecule has 5 heteroatoms. The lowest BCUT2D eigenvalue weighted by Crippen LogP contribution is -2.12. The SMILES string of the molecule is COc1cc(OC)cc(C(=O)Nc2ccc(C)c(I)c2)c1.